The maximum Gasteiger partial charge on any atom is 0.161 e. The molecule has 4 nitrogen and oxygen atoms in total. The van der Waals surface area contributed by atoms with Crippen molar-refractivity contribution in [2.24, 2.45) is 11.7 Å². The first-order chi connectivity index (χ1) is 9.26. The third-order valence-corrected chi connectivity index (χ3v) is 4.21. The second-order valence-electron chi connectivity index (χ2n) is 5.66. The minimum atomic E-state index is 0.0459. The molecule has 19 heavy (non-hydrogen) atoms. The van der Waals surface area contributed by atoms with Crippen molar-refractivity contribution in [2.45, 2.75) is 64.5 Å². The lowest BCUT2D eigenvalue weighted by Gasteiger charge is -2.17. The summed E-state index contributed by atoms with van der Waals surface area (Å²) in [5, 5.41) is 4.39. The quantitative estimate of drug-likeness (QED) is 0.823. The van der Waals surface area contributed by atoms with Crippen molar-refractivity contribution in [2.75, 3.05) is 7.11 Å². The third-order valence-electron chi connectivity index (χ3n) is 4.21. The van der Waals surface area contributed by atoms with Crippen molar-refractivity contribution in [3.05, 3.63) is 11.9 Å². The van der Waals surface area contributed by atoms with Gasteiger partial charge >= 0.3 is 0 Å². The molecule has 1 heterocycles. The Kier molecular flexibility index (Phi) is 5.25. The number of rotatable bonds is 7. The predicted molar refractivity (Wildman–Crippen MR) is 77.2 cm³/mol. The Morgan fingerprint density at radius 3 is 2.84 bits per heavy atom. The molecule has 1 aliphatic rings. The highest BCUT2D eigenvalue weighted by molar-refractivity contribution is 5.28. The lowest BCUT2D eigenvalue weighted by atomic mass is 9.97. The summed E-state index contributed by atoms with van der Waals surface area (Å²) in [4.78, 5) is 0. The third kappa shape index (κ3) is 3.50. The average molecular weight is 265 g/mol. The van der Waals surface area contributed by atoms with E-state index in [4.69, 9.17) is 10.5 Å². The molecule has 108 valence electrons. The molecule has 2 rings (SSSR count). The van der Waals surface area contributed by atoms with Crippen LogP contribution in [0.4, 0.5) is 0 Å². The van der Waals surface area contributed by atoms with Gasteiger partial charge in [0.25, 0.3) is 0 Å². The molecule has 0 spiro atoms. The zero-order chi connectivity index (χ0) is 13.7. The maximum absolute atomic E-state index is 6.38. The zero-order valence-corrected chi connectivity index (χ0v) is 12.3. The summed E-state index contributed by atoms with van der Waals surface area (Å²) in [6.45, 7) is 3.07. The monoisotopic (exact) mass is 265 g/mol. The number of aromatic nitrogens is 2. The van der Waals surface area contributed by atoms with Crippen LogP contribution in [0.3, 0.4) is 0 Å². The molecule has 0 bridgehead atoms. The minimum Gasteiger partial charge on any atom is -0.493 e. The molecule has 0 aromatic carbocycles. The Balaban J connectivity index is 1.99. The van der Waals surface area contributed by atoms with Gasteiger partial charge in [-0.1, -0.05) is 32.6 Å². The van der Waals surface area contributed by atoms with Gasteiger partial charge in [-0.15, -0.1) is 0 Å². The van der Waals surface area contributed by atoms with E-state index in [9.17, 15) is 0 Å². The summed E-state index contributed by atoms with van der Waals surface area (Å²) in [5.74, 6) is 1.73. The summed E-state index contributed by atoms with van der Waals surface area (Å²) in [7, 11) is 1.69. The second-order valence-corrected chi connectivity index (χ2v) is 5.66. The van der Waals surface area contributed by atoms with Gasteiger partial charge in [-0.25, -0.2) is 0 Å². The van der Waals surface area contributed by atoms with Crippen molar-refractivity contribution in [3.8, 4) is 5.75 Å². The first kappa shape index (κ1) is 14.4. The van der Waals surface area contributed by atoms with Gasteiger partial charge in [-0.2, -0.15) is 5.10 Å². The normalized spacial score (nSPS) is 17.8. The molecule has 1 saturated carbocycles. The van der Waals surface area contributed by atoms with Gasteiger partial charge in [-0.05, 0) is 25.2 Å². The number of nitrogens with zero attached hydrogens (tertiary/aromatic N) is 2. The van der Waals surface area contributed by atoms with Gasteiger partial charge in [0.2, 0.25) is 0 Å². The Morgan fingerprint density at radius 2 is 2.21 bits per heavy atom. The van der Waals surface area contributed by atoms with E-state index in [1.165, 1.54) is 32.1 Å². The zero-order valence-electron chi connectivity index (χ0n) is 12.3. The number of hydrogen-bond donors (Lipinski definition) is 1. The van der Waals surface area contributed by atoms with E-state index in [0.29, 0.717) is 0 Å². The molecule has 1 fully saturated rings. The summed E-state index contributed by atoms with van der Waals surface area (Å²) in [5.41, 5.74) is 7.46. The minimum absolute atomic E-state index is 0.0459. The molecule has 1 aromatic heterocycles. The van der Waals surface area contributed by atoms with Gasteiger partial charge in [0, 0.05) is 6.54 Å². The van der Waals surface area contributed by atoms with E-state index in [1.54, 1.807) is 13.3 Å². The molecule has 1 aliphatic carbocycles. The highest BCUT2D eigenvalue weighted by Crippen LogP contribution is 2.32. The Labute approximate surface area is 116 Å². The van der Waals surface area contributed by atoms with Gasteiger partial charge in [0.05, 0.1) is 25.0 Å². The smallest absolute Gasteiger partial charge is 0.161 e. The summed E-state index contributed by atoms with van der Waals surface area (Å²) in [6, 6.07) is 0.0459. The van der Waals surface area contributed by atoms with Crippen LogP contribution in [0.25, 0.3) is 0 Å². The number of aryl methyl sites for hydroxylation is 1. The van der Waals surface area contributed by atoms with Gasteiger partial charge in [-0.3, -0.25) is 4.68 Å². The van der Waals surface area contributed by atoms with E-state index < -0.39 is 0 Å². The van der Waals surface area contributed by atoms with Crippen molar-refractivity contribution in [3.63, 3.8) is 0 Å². The fourth-order valence-corrected chi connectivity index (χ4v) is 3.15. The molecule has 0 saturated heterocycles. The standard InChI is InChI=1S/C15H27N3O/c1-3-10-18-15(14(19-2)11-17-18)13(16)9-8-12-6-4-5-7-12/h11-13H,3-10,16H2,1-2H3. The van der Waals surface area contributed by atoms with Crippen LogP contribution in [0.2, 0.25) is 0 Å². The highest BCUT2D eigenvalue weighted by atomic mass is 16.5. The molecule has 4 heteroatoms. The molecule has 1 atom stereocenters. The van der Waals surface area contributed by atoms with Crippen molar-refractivity contribution in [1.82, 2.24) is 9.78 Å². The van der Waals surface area contributed by atoms with Gasteiger partial charge in [0.1, 0.15) is 0 Å². The average Bonchev–Trinajstić information content (AvgIpc) is 3.05. The van der Waals surface area contributed by atoms with Crippen LogP contribution >= 0.6 is 0 Å². The van der Waals surface area contributed by atoms with Crippen LogP contribution in [-0.2, 0) is 6.54 Å². The Hall–Kier alpha value is -1.03. The van der Waals surface area contributed by atoms with Gasteiger partial charge < -0.3 is 10.5 Å². The number of hydrogen-bond acceptors (Lipinski definition) is 3. The molecule has 2 N–H and O–H groups in total. The number of ether oxygens (including phenoxy) is 1. The topological polar surface area (TPSA) is 53.1 Å². The Morgan fingerprint density at radius 1 is 1.47 bits per heavy atom. The van der Waals surface area contributed by atoms with Crippen LogP contribution in [0, 0.1) is 5.92 Å². The van der Waals surface area contributed by atoms with E-state index in [1.807, 2.05) is 4.68 Å². The first-order valence-electron chi connectivity index (χ1n) is 7.61. The highest BCUT2D eigenvalue weighted by Gasteiger charge is 2.21. The summed E-state index contributed by atoms with van der Waals surface area (Å²) in [6.07, 6.45) is 10.7. The van der Waals surface area contributed by atoms with E-state index in [2.05, 4.69) is 12.0 Å². The largest absolute Gasteiger partial charge is 0.493 e. The molecule has 0 amide bonds. The molecule has 0 radical (unpaired) electrons. The van der Waals surface area contributed by atoms with Crippen molar-refractivity contribution < 1.29 is 4.74 Å². The predicted octanol–water partition coefficient (Wildman–Crippen LogP) is 3.27. The summed E-state index contributed by atoms with van der Waals surface area (Å²) >= 11 is 0. The van der Waals surface area contributed by atoms with E-state index in [-0.39, 0.29) is 6.04 Å². The fraction of sp³-hybridized carbons (Fsp3) is 0.800. The van der Waals surface area contributed by atoms with Gasteiger partial charge in [0.15, 0.2) is 5.75 Å². The van der Waals surface area contributed by atoms with Crippen LogP contribution < -0.4 is 10.5 Å². The van der Waals surface area contributed by atoms with Crippen LogP contribution in [0.1, 0.15) is 63.6 Å². The molecule has 1 aromatic rings. The molecule has 1 unspecified atom stereocenters. The maximum atomic E-state index is 6.38. The van der Waals surface area contributed by atoms with Crippen LogP contribution in [0.15, 0.2) is 6.20 Å². The fourth-order valence-electron chi connectivity index (χ4n) is 3.15. The Bertz CT molecular complexity index is 383. The molecular weight excluding hydrogens is 238 g/mol. The summed E-state index contributed by atoms with van der Waals surface area (Å²) < 4.78 is 7.41. The van der Waals surface area contributed by atoms with Crippen LogP contribution in [-0.4, -0.2) is 16.9 Å². The van der Waals surface area contributed by atoms with Crippen LogP contribution in [0.5, 0.6) is 5.75 Å². The van der Waals surface area contributed by atoms with Crippen molar-refractivity contribution in [1.29, 1.82) is 0 Å². The SMILES string of the molecule is CCCn1ncc(OC)c1C(N)CCC1CCCC1. The lowest BCUT2D eigenvalue weighted by molar-refractivity contribution is 0.388. The van der Waals surface area contributed by atoms with E-state index in [0.717, 1.165) is 36.7 Å². The van der Waals surface area contributed by atoms with Crippen molar-refractivity contribution >= 4 is 0 Å². The molecular formula is C15H27N3O. The number of methoxy groups -OCH3 is 1. The number of nitrogens with two attached hydrogens (primary N) is 1. The first-order valence-corrected chi connectivity index (χ1v) is 7.61. The van der Waals surface area contributed by atoms with E-state index >= 15 is 0 Å². The molecule has 0 aliphatic heterocycles. The lowest BCUT2D eigenvalue weighted by Crippen LogP contribution is -2.18. The second kappa shape index (κ2) is 6.94.